The molecule has 0 saturated heterocycles. The maximum atomic E-state index is 12.1. The lowest BCUT2D eigenvalue weighted by Crippen LogP contribution is -2.01. The Balaban J connectivity index is 2.09. The first kappa shape index (κ1) is 15.8. The van der Waals surface area contributed by atoms with Gasteiger partial charge < -0.3 is 4.52 Å². The van der Waals surface area contributed by atoms with Crippen LogP contribution in [0, 0.1) is 20.8 Å². The molecular formula is C16H19O4P. The van der Waals surface area contributed by atoms with Crippen molar-refractivity contribution >= 4 is 7.82 Å². The molecule has 21 heavy (non-hydrogen) atoms. The number of phosphoric acid groups is 1. The Morgan fingerprint density at radius 1 is 1.05 bits per heavy atom. The monoisotopic (exact) mass is 306 g/mol. The number of aryl methyl sites for hydroxylation is 3. The van der Waals surface area contributed by atoms with Crippen molar-refractivity contribution in [2.75, 3.05) is 0 Å². The van der Waals surface area contributed by atoms with E-state index in [-0.39, 0.29) is 6.61 Å². The highest BCUT2D eigenvalue weighted by Crippen LogP contribution is 2.46. The predicted octanol–water partition coefficient (Wildman–Crippen LogP) is 4.31. The zero-order chi connectivity index (χ0) is 15.5. The molecule has 0 saturated carbocycles. The lowest BCUT2D eigenvalue weighted by atomic mass is 10.1. The Morgan fingerprint density at radius 3 is 2.19 bits per heavy atom. The van der Waals surface area contributed by atoms with Gasteiger partial charge >= 0.3 is 7.82 Å². The van der Waals surface area contributed by atoms with Gasteiger partial charge in [-0.25, -0.2) is 4.57 Å². The molecule has 0 amide bonds. The molecule has 0 aliphatic carbocycles. The summed E-state index contributed by atoms with van der Waals surface area (Å²) >= 11 is 0. The fourth-order valence-electron chi connectivity index (χ4n) is 2.18. The molecule has 1 N–H and O–H groups in total. The molecule has 2 rings (SSSR count). The third-order valence-corrected chi connectivity index (χ3v) is 3.92. The van der Waals surface area contributed by atoms with Crippen LogP contribution >= 0.6 is 7.82 Å². The summed E-state index contributed by atoms with van der Waals surface area (Å²) in [6, 6.07) is 13.0. The lowest BCUT2D eigenvalue weighted by Gasteiger charge is -2.17. The van der Waals surface area contributed by atoms with Crippen LogP contribution < -0.4 is 4.52 Å². The highest BCUT2D eigenvalue weighted by atomic mass is 31.2. The van der Waals surface area contributed by atoms with E-state index in [2.05, 4.69) is 0 Å². The van der Waals surface area contributed by atoms with Crippen molar-refractivity contribution < 1.29 is 18.5 Å². The molecule has 5 heteroatoms. The van der Waals surface area contributed by atoms with Crippen LogP contribution in [0.15, 0.2) is 42.5 Å². The molecule has 0 spiro atoms. The van der Waals surface area contributed by atoms with Gasteiger partial charge in [0.2, 0.25) is 0 Å². The number of benzene rings is 2. The number of hydrogen-bond acceptors (Lipinski definition) is 3. The summed E-state index contributed by atoms with van der Waals surface area (Å²) in [5.41, 5.74) is 3.51. The second-order valence-electron chi connectivity index (χ2n) is 5.05. The fraction of sp³-hybridized carbons (Fsp3) is 0.250. The van der Waals surface area contributed by atoms with E-state index < -0.39 is 7.82 Å². The van der Waals surface area contributed by atoms with Crippen LogP contribution in [0.3, 0.4) is 0 Å². The molecule has 1 unspecified atom stereocenters. The van der Waals surface area contributed by atoms with Crippen LogP contribution in [0.2, 0.25) is 0 Å². The molecule has 4 nitrogen and oxygen atoms in total. The molecule has 112 valence electrons. The predicted molar refractivity (Wildman–Crippen MR) is 82.3 cm³/mol. The van der Waals surface area contributed by atoms with Crippen molar-refractivity contribution in [2.45, 2.75) is 27.4 Å². The highest BCUT2D eigenvalue weighted by molar-refractivity contribution is 7.47. The molecule has 0 heterocycles. The third-order valence-electron chi connectivity index (χ3n) is 3.05. The molecule has 0 radical (unpaired) electrons. The van der Waals surface area contributed by atoms with Gasteiger partial charge in [-0.05, 0) is 37.5 Å². The van der Waals surface area contributed by atoms with Crippen molar-refractivity contribution in [1.29, 1.82) is 0 Å². The second-order valence-corrected chi connectivity index (χ2v) is 6.42. The standard InChI is InChI=1S/C16H19O4P/c1-12-9-13(2)16(14(3)10-12)20-21(17,18)19-11-15-7-5-4-6-8-15/h4-10H,11H2,1-3H3,(H,17,18). The SMILES string of the molecule is Cc1cc(C)c(OP(=O)(O)OCc2ccccc2)c(C)c1. The van der Waals surface area contributed by atoms with Crippen molar-refractivity contribution in [3.05, 3.63) is 64.7 Å². The minimum absolute atomic E-state index is 0.0264. The largest absolute Gasteiger partial charge is 0.527 e. The zero-order valence-electron chi connectivity index (χ0n) is 12.4. The lowest BCUT2D eigenvalue weighted by molar-refractivity contribution is 0.194. The van der Waals surface area contributed by atoms with Gasteiger partial charge in [0, 0.05) is 0 Å². The maximum absolute atomic E-state index is 12.1. The van der Waals surface area contributed by atoms with Gasteiger partial charge in [-0.1, -0.05) is 48.0 Å². The van der Waals surface area contributed by atoms with Crippen LogP contribution in [0.4, 0.5) is 0 Å². The van der Waals surface area contributed by atoms with E-state index in [1.807, 2.05) is 63.2 Å². The van der Waals surface area contributed by atoms with E-state index in [0.29, 0.717) is 5.75 Å². The van der Waals surface area contributed by atoms with Crippen molar-refractivity contribution in [1.82, 2.24) is 0 Å². The summed E-state index contributed by atoms with van der Waals surface area (Å²) in [6.07, 6.45) is 0. The Hall–Kier alpha value is -1.61. The summed E-state index contributed by atoms with van der Waals surface area (Å²) in [7, 11) is -4.15. The zero-order valence-corrected chi connectivity index (χ0v) is 13.3. The Bertz CT molecular complexity index is 644. The molecule has 0 aromatic heterocycles. The summed E-state index contributed by atoms with van der Waals surface area (Å²) in [4.78, 5) is 9.86. The molecule has 0 aliphatic rings. The van der Waals surface area contributed by atoms with Crippen LogP contribution in [-0.2, 0) is 15.7 Å². The maximum Gasteiger partial charge on any atom is 0.527 e. The van der Waals surface area contributed by atoms with Crippen LogP contribution in [-0.4, -0.2) is 4.89 Å². The van der Waals surface area contributed by atoms with E-state index >= 15 is 0 Å². The van der Waals surface area contributed by atoms with Gasteiger partial charge in [0.1, 0.15) is 5.75 Å². The Morgan fingerprint density at radius 2 is 1.62 bits per heavy atom. The molecule has 2 aromatic carbocycles. The minimum atomic E-state index is -4.15. The van der Waals surface area contributed by atoms with E-state index in [1.165, 1.54) is 0 Å². The minimum Gasteiger partial charge on any atom is -0.404 e. The smallest absolute Gasteiger partial charge is 0.404 e. The summed E-state index contributed by atoms with van der Waals surface area (Å²) < 4.78 is 22.3. The van der Waals surface area contributed by atoms with Crippen molar-refractivity contribution in [3.63, 3.8) is 0 Å². The van der Waals surface area contributed by atoms with E-state index in [9.17, 15) is 9.46 Å². The number of rotatable bonds is 5. The first-order valence-corrected chi connectivity index (χ1v) is 8.15. The Kier molecular flexibility index (Phi) is 4.84. The van der Waals surface area contributed by atoms with Gasteiger partial charge in [-0.15, -0.1) is 0 Å². The normalized spacial score (nSPS) is 13.7. The molecule has 0 aliphatic heterocycles. The molecule has 0 fully saturated rings. The summed E-state index contributed by atoms with van der Waals surface area (Å²) in [6.45, 7) is 5.67. The van der Waals surface area contributed by atoms with Crippen LogP contribution in [0.1, 0.15) is 22.3 Å². The average molecular weight is 306 g/mol. The molecule has 1 atom stereocenters. The quantitative estimate of drug-likeness (QED) is 0.836. The number of hydrogen-bond donors (Lipinski definition) is 1. The third kappa shape index (κ3) is 4.43. The summed E-state index contributed by atoms with van der Waals surface area (Å²) in [5.74, 6) is 0.402. The van der Waals surface area contributed by atoms with Gasteiger partial charge in [-0.3, -0.25) is 9.42 Å². The Labute approximate surface area is 125 Å². The first-order chi connectivity index (χ1) is 9.87. The van der Waals surface area contributed by atoms with Crippen molar-refractivity contribution in [2.24, 2.45) is 0 Å². The second kappa shape index (κ2) is 6.44. The van der Waals surface area contributed by atoms with E-state index in [4.69, 9.17) is 9.05 Å². The first-order valence-electron chi connectivity index (χ1n) is 6.66. The van der Waals surface area contributed by atoms with Crippen molar-refractivity contribution in [3.8, 4) is 5.75 Å². The van der Waals surface area contributed by atoms with Gasteiger partial charge in [0.25, 0.3) is 0 Å². The molecule has 2 aromatic rings. The highest BCUT2D eigenvalue weighted by Gasteiger charge is 2.25. The van der Waals surface area contributed by atoms with Gasteiger partial charge in [0.05, 0.1) is 6.61 Å². The van der Waals surface area contributed by atoms with E-state index in [0.717, 1.165) is 22.3 Å². The molecule has 0 bridgehead atoms. The fourth-order valence-corrected chi connectivity index (χ4v) is 3.07. The summed E-state index contributed by atoms with van der Waals surface area (Å²) in [5, 5.41) is 0. The number of phosphoric ester groups is 1. The average Bonchev–Trinajstić information content (AvgIpc) is 2.42. The molecular weight excluding hydrogens is 287 g/mol. The van der Waals surface area contributed by atoms with Gasteiger partial charge in [-0.2, -0.15) is 0 Å². The topological polar surface area (TPSA) is 55.8 Å². The van der Waals surface area contributed by atoms with Crippen LogP contribution in [0.5, 0.6) is 5.75 Å². The van der Waals surface area contributed by atoms with E-state index in [1.54, 1.807) is 0 Å². The van der Waals surface area contributed by atoms with Crippen LogP contribution in [0.25, 0.3) is 0 Å². The van der Waals surface area contributed by atoms with Gasteiger partial charge in [0.15, 0.2) is 0 Å².